The lowest BCUT2D eigenvalue weighted by Crippen LogP contribution is -2.06. The Labute approximate surface area is 175 Å². The van der Waals surface area contributed by atoms with Gasteiger partial charge in [0.05, 0.1) is 18.0 Å². The standard InChI is InChI=1S/C22H16N2O3S2/c25-22(26)20-4-3-19(29-20)13-5-7-23-16(10-13)17-11-14(6-8-24-17)21-15-2-1-9-27-18(15)12-28-21/h3-8,10-12H,1-2,9H2,(H,25,26). The molecule has 144 valence electrons. The Morgan fingerprint density at radius 1 is 1.03 bits per heavy atom. The molecular formula is C22H16N2O3S2. The highest BCUT2D eigenvalue weighted by molar-refractivity contribution is 7.17. The van der Waals surface area contributed by atoms with Gasteiger partial charge in [-0.3, -0.25) is 9.97 Å². The summed E-state index contributed by atoms with van der Waals surface area (Å²) in [6.07, 6.45) is 5.61. The van der Waals surface area contributed by atoms with E-state index in [-0.39, 0.29) is 0 Å². The van der Waals surface area contributed by atoms with E-state index in [1.807, 2.05) is 30.5 Å². The molecule has 1 aliphatic heterocycles. The lowest BCUT2D eigenvalue weighted by Gasteiger charge is -2.14. The molecule has 29 heavy (non-hydrogen) atoms. The van der Waals surface area contributed by atoms with Crippen molar-refractivity contribution in [1.82, 2.24) is 9.97 Å². The molecule has 1 N–H and O–H groups in total. The van der Waals surface area contributed by atoms with E-state index in [0.717, 1.165) is 52.6 Å². The van der Waals surface area contributed by atoms with Crippen molar-refractivity contribution in [3.8, 4) is 38.0 Å². The van der Waals surface area contributed by atoms with Crippen LogP contribution in [0.3, 0.4) is 0 Å². The van der Waals surface area contributed by atoms with Crippen molar-refractivity contribution in [3.63, 3.8) is 0 Å². The maximum Gasteiger partial charge on any atom is 0.345 e. The van der Waals surface area contributed by atoms with E-state index in [2.05, 4.69) is 21.4 Å². The van der Waals surface area contributed by atoms with Gasteiger partial charge in [0.15, 0.2) is 0 Å². The topological polar surface area (TPSA) is 72.3 Å². The van der Waals surface area contributed by atoms with Gasteiger partial charge in [-0.15, -0.1) is 22.7 Å². The largest absolute Gasteiger partial charge is 0.492 e. The number of aromatic nitrogens is 2. The summed E-state index contributed by atoms with van der Waals surface area (Å²) >= 11 is 2.96. The van der Waals surface area contributed by atoms with E-state index in [1.54, 1.807) is 23.6 Å². The van der Waals surface area contributed by atoms with Crippen molar-refractivity contribution in [2.45, 2.75) is 12.8 Å². The molecule has 0 aliphatic carbocycles. The molecule has 0 atom stereocenters. The predicted molar refractivity (Wildman–Crippen MR) is 115 cm³/mol. The number of hydrogen-bond donors (Lipinski definition) is 1. The van der Waals surface area contributed by atoms with Crippen molar-refractivity contribution in [1.29, 1.82) is 0 Å². The molecule has 5 nitrogen and oxygen atoms in total. The second-order valence-corrected chi connectivity index (χ2v) is 8.65. The molecule has 0 amide bonds. The van der Waals surface area contributed by atoms with Gasteiger partial charge < -0.3 is 9.84 Å². The van der Waals surface area contributed by atoms with E-state index < -0.39 is 5.97 Å². The number of pyridine rings is 2. The third-order valence-corrected chi connectivity index (χ3v) is 7.00. The molecule has 5 heterocycles. The second kappa shape index (κ2) is 7.42. The maximum absolute atomic E-state index is 11.2. The lowest BCUT2D eigenvalue weighted by atomic mass is 10.0. The summed E-state index contributed by atoms with van der Waals surface area (Å²) in [4.78, 5) is 22.6. The molecule has 0 bridgehead atoms. The molecule has 0 saturated carbocycles. The highest BCUT2D eigenvalue weighted by Crippen LogP contribution is 2.40. The Morgan fingerprint density at radius 3 is 2.55 bits per heavy atom. The van der Waals surface area contributed by atoms with Crippen molar-refractivity contribution in [3.05, 3.63) is 64.6 Å². The van der Waals surface area contributed by atoms with Gasteiger partial charge >= 0.3 is 5.97 Å². The Hall–Kier alpha value is -3.03. The first-order valence-electron chi connectivity index (χ1n) is 9.18. The van der Waals surface area contributed by atoms with Gasteiger partial charge in [0.25, 0.3) is 0 Å². The average molecular weight is 421 g/mol. The molecule has 0 unspecified atom stereocenters. The Bertz CT molecular complexity index is 1210. The molecular weight excluding hydrogens is 404 g/mol. The number of carboxylic acid groups (broad SMARTS) is 1. The number of rotatable bonds is 4. The van der Waals surface area contributed by atoms with E-state index in [9.17, 15) is 4.79 Å². The summed E-state index contributed by atoms with van der Waals surface area (Å²) in [6, 6.07) is 11.4. The number of thiophene rings is 2. The van der Waals surface area contributed by atoms with Gasteiger partial charge in [-0.25, -0.2) is 4.79 Å². The first-order chi connectivity index (χ1) is 14.2. The number of nitrogens with zero attached hydrogens (tertiary/aromatic N) is 2. The van der Waals surface area contributed by atoms with E-state index in [4.69, 9.17) is 9.84 Å². The third kappa shape index (κ3) is 3.43. The summed E-state index contributed by atoms with van der Waals surface area (Å²) in [5, 5.41) is 11.2. The van der Waals surface area contributed by atoms with Crippen LogP contribution in [0, 0.1) is 0 Å². The Balaban J connectivity index is 1.51. The number of carboxylic acids is 1. The van der Waals surface area contributed by atoms with Gasteiger partial charge in [-0.2, -0.15) is 0 Å². The number of aromatic carboxylic acids is 1. The van der Waals surface area contributed by atoms with Crippen molar-refractivity contribution in [2.75, 3.05) is 6.61 Å². The van der Waals surface area contributed by atoms with Crippen molar-refractivity contribution < 1.29 is 14.6 Å². The smallest absolute Gasteiger partial charge is 0.345 e. The van der Waals surface area contributed by atoms with Gasteiger partial charge in [-0.05, 0) is 60.4 Å². The van der Waals surface area contributed by atoms with Crippen LogP contribution in [0.1, 0.15) is 21.7 Å². The first kappa shape index (κ1) is 18.0. The zero-order chi connectivity index (χ0) is 19.8. The van der Waals surface area contributed by atoms with Crippen LogP contribution in [-0.2, 0) is 6.42 Å². The van der Waals surface area contributed by atoms with Crippen molar-refractivity contribution in [2.24, 2.45) is 0 Å². The van der Waals surface area contributed by atoms with Crippen LogP contribution in [0.25, 0.3) is 32.3 Å². The quantitative estimate of drug-likeness (QED) is 0.464. The number of fused-ring (bicyclic) bond motifs is 1. The molecule has 0 aromatic carbocycles. The summed E-state index contributed by atoms with van der Waals surface area (Å²) in [6.45, 7) is 0.786. The minimum Gasteiger partial charge on any atom is -0.492 e. The fourth-order valence-corrected chi connectivity index (χ4v) is 5.33. The van der Waals surface area contributed by atoms with Gasteiger partial charge in [0.2, 0.25) is 0 Å². The highest BCUT2D eigenvalue weighted by atomic mass is 32.1. The minimum atomic E-state index is -0.909. The fraction of sp³-hybridized carbons (Fsp3) is 0.136. The Morgan fingerprint density at radius 2 is 1.79 bits per heavy atom. The fourth-order valence-electron chi connectivity index (χ4n) is 3.44. The van der Waals surface area contributed by atoms with Crippen LogP contribution in [0.15, 0.2) is 54.2 Å². The number of ether oxygens (including phenoxy) is 1. The van der Waals surface area contributed by atoms with E-state index in [1.165, 1.54) is 21.8 Å². The predicted octanol–water partition coefficient (Wildman–Crippen LogP) is 5.62. The van der Waals surface area contributed by atoms with Gasteiger partial charge in [-0.1, -0.05) is 0 Å². The number of hydrogen-bond acceptors (Lipinski definition) is 6. The molecule has 4 aromatic heterocycles. The van der Waals surface area contributed by atoms with Crippen LogP contribution < -0.4 is 4.74 Å². The zero-order valence-corrected chi connectivity index (χ0v) is 16.9. The van der Waals surface area contributed by atoms with Crippen LogP contribution in [0.2, 0.25) is 0 Å². The molecule has 0 saturated heterocycles. The van der Waals surface area contributed by atoms with E-state index >= 15 is 0 Å². The summed E-state index contributed by atoms with van der Waals surface area (Å²) in [5.74, 6) is 0.0924. The highest BCUT2D eigenvalue weighted by Gasteiger charge is 2.18. The normalized spacial score (nSPS) is 13.0. The molecule has 5 rings (SSSR count). The third-order valence-electron chi connectivity index (χ3n) is 4.83. The SMILES string of the molecule is O=C(O)c1ccc(-c2ccnc(-c3cc(-c4scc5c4CCCO5)ccn3)c2)s1. The molecule has 0 fully saturated rings. The van der Waals surface area contributed by atoms with Crippen molar-refractivity contribution >= 4 is 28.6 Å². The molecule has 1 aliphatic rings. The van der Waals surface area contributed by atoms with Crippen LogP contribution >= 0.6 is 22.7 Å². The molecule has 0 radical (unpaired) electrons. The maximum atomic E-state index is 11.2. The van der Waals surface area contributed by atoms with Gasteiger partial charge in [0, 0.05) is 33.1 Å². The first-order valence-corrected chi connectivity index (χ1v) is 10.9. The zero-order valence-electron chi connectivity index (χ0n) is 15.3. The lowest BCUT2D eigenvalue weighted by molar-refractivity contribution is 0.0702. The summed E-state index contributed by atoms with van der Waals surface area (Å²) < 4.78 is 5.77. The Kier molecular flexibility index (Phi) is 4.61. The molecule has 7 heteroatoms. The average Bonchev–Trinajstić information content (AvgIpc) is 3.42. The second-order valence-electron chi connectivity index (χ2n) is 6.69. The minimum absolute atomic E-state index is 0.322. The van der Waals surface area contributed by atoms with Crippen LogP contribution in [-0.4, -0.2) is 27.7 Å². The molecule has 4 aromatic rings. The molecule has 0 spiro atoms. The van der Waals surface area contributed by atoms with Gasteiger partial charge in [0.1, 0.15) is 10.6 Å². The summed E-state index contributed by atoms with van der Waals surface area (Å²) in [7, 11) is 0. The summed E-state index contributed by atoms with van der Waals surface area (Å²) in [5.41, 5.74) is 4.87. The van der Waals surface area contributed by atoms with Crippen LogP contribution in [0.5, 0.6) is 5.75 Å². The number of carbonyl (C=O) groups is 1. The van der Waals surface area contributed by atoms with Crippen LogP contribution in [0.4, 0.5) is 0 Å². The van der Waals surface area contributed by atoms with E-state index in [0.29, 0.717) is 4.88 Å². The monoisotopic (exact) mass is 420 g/mol.